The van der Waals surface area contributed by atoms with Gasteiger partial charge in [-0.15, -0.1) is 0 Å². The van der Waals surface area contributed by atoms with Crippen LogP contribution in [0.15, 0.2) is 54.6 Å². The van der Waals surface area contributed by atoms with Gasteiger partial charge in [-0.1, -0.05) is 69.4 Å². The number of hydrogen-bond acceptors (Lipinski definition) is 3. The van der Waals surface area contributed by atoms with Crippen molar-refractivity contribution in [1.29, 1.82) is 0 Å². The Morgan fingerprint density at radius 2 is 1.39 bits per heavy atom. The quantitative estimate of drug-likeness (QED) is 0.381. The summed E-state index contributed by atoms with van der Waals surface area (Å²) >= 11 is 0. The molecule has 0 aliphatic carbocycles. The highest BCUT2D eigenvalue weighted by molar-refractivity contribution is 5.94. The second kappa shape index (κ2) is 12.7. The fourth-order valence-electron chi connectivity index (χ4n) is 2.86. The normalized spacial score (nSPS) is 10.5. The molecule has 0 fully saturated rings. The Balaban J connectivity index is 1.66. The van der Waals surface area contributed by atoms with E-state index in [1.807, 2.05) is 30.3 Å². The van der Waals surface area contributed by atoms with E-state index in [-0.39, 0.29) is 11.8 Å². The molecule has 0 aliphatic rings. The maximum atomic E-state index is 12.1. The van der Waals surface area contributed by atoms with Gasteiger partial charge in [-0.25, -0.2) is 5.43 Å². The van der Waals surface area contributed by atoms with Gasteiger partial charge >= 0.3 is 0 Å². The Morgan fingerprint density at radius 1 is 0.750 bits per heavy atom. The van der Waals surface area contributed by atoms with Crippen molar-refractivity contribution in [3.8, 4) is 0 Å². The van der Waals surface area contributed by atoms with Crippen molar-refractivity contribution >= 4 is 11.8 Å². The Bertz CT molecular complexity index is 714. The monoisotopic (exact) mass is 381 g/mol. The number of carbonyl (C=O) groups is 2. The lowest BCUT2D eigenvalue weighted by Gasteiger charge is -2.09. The van der Waals surface area contributed by atoms with E-state index in [1.165, 1.54) is 32.1 Å². The van der Waals surface area contributed by atoms with Gasteiger partial charge in [0.2, 0.25) is 0 Å². The van der Waals surface area contributed by atoms with Crippen molar-refractivity contribution in [1.82, 2.24) is 16.2 Å². The molecule has 0 aliphatic heterocycles. The Labute approximate surface area is 167 Å². The first-order valence-corrected chi connectivity index (χ1v) is 10.2. The molecular formula is C23H31N3O2. The maximum Gasteiger partial charge on any atom is 0.265 e. The fraction of sp³-hybridized carbons (Fsp3) is 0.391. The van der Waals surface area contributed by atoms with Gasteiger partial charge in [0.25, 0.3) is 11.8 Å². The van der Waals surface area contributed by atoms with E-state index in [0.717, 1.165) is 18.5 Å². The minimum absolute atomic E-state index is 0.110. The minimum Gasteiger partial charge on any atom is -0.348 e. The van der Waals surface area contributed by atoms with Gasteiger partial charge < -0.3 is 5.32 Å². The molecule has 0 bridgehead atoms. The zero-order chi connectivity index (χ0) is 20.0. The molecule has 3 N–H and O–H groups in total. The number of rotatable bonds is 12. The predicted molar refractivity (Wildman–Crippen MR) is 113 cm³/mol. The van der Waals surface area contributed by atoms with E-state index in [1.54, 1.807) is 24.3 Å². The molecule has 0 radical (unpaired) electrons. The van der Waals surface area contributed by atoms with Crippen molar-refractivity contribution < 1.29 is 9.59 Å². The summed E-state index contributed by atoms with van der Waals surface area (Å²) in [6, 6.07) is 16.4. The van der Waals surface area contributed by atoms with Crippen LogP contribution in [0.5, 0.6) is 0 Å². The molecule has 0 heterocycles. The van der Waals surface area contributed by atoms with Crippen molar-refractivity contribution in [3.63, 3.8) is 0 Å². The standard InChI is InChI=1S/C23H31N3O2/c1-2-3-4-5-6-10-17-25-26-23(28)21-15-13-19(14-16-21)18-24-22(27)20-11-8-7-9-12-20/h7-9,11-16,25H,2-6,10,17-18H2,1H3,(H,24,27)(H,26,28). The van der Waals surface area contributed by atoms with Crippen LogP contribution in [0, 0.1) is 0 Å². The van der Waals surface area contributed by atoms with Crippen molar-refractivity contribution in [2.24, 2.45) is 0 Å². The highest BCUT2D eigenvalue weighted by Gasteiger charge is 2.06. The highest BCUT2D eigenvalue weighted by atomic mass is 16.2. The number of amides is 2. The molecule has 2 aromatic rings. The summed E-state index contributed by atoms with van der Waals surface area (Å²) in [5.41, 5.74) is 7.90. The number of unbranched alkanes of at least 4 members (excludes halogenated alkanes) is 5. The molecule has 150 valence electrons. The van der Waals surface area contributed by atoms with Crippen LogP contribution in [0.4, 0.5) is 0 Å². The molecule has 0 unspecified atom stereocenters. The molecule has 0 saturated heterocycles. The summed E-state index contributed by atoms with van der Waals surface area (Å²) in [5.74, 6) is -0.257. The summed E-state index contributed by atoms with van der Waals surface area (Å²) in [5, 5.41) is 2.88. The molecule has 2 aromatic carbocycles. The summed E-state index contributed by atoms with van der Waals surface area (Å²) < 4.78 is 0. The number of nitrogens with one attached hydrogen (secondary N) is 3. The summed E-state index contributed by atoms with van der Waals surface area (Å²) in [6.07, 6.45) is 7.35. The van der Waals surface area contributed by atoms with Crippen LogP contribution >= 0.6 is 0 Å². The van der Waals surface area contributed by atoms with Crippen LogP contribution < -0.4 is 16.2 Å². The largest absolute Gasteiger partial charge is 0.348 e. The van der Waals surface area contributed by atoms with Crippen LogP contribution in [0.2, 0.25) is 0 Å². The third-order valence-corrected chi connectivity index (χ3v) is 4.56. The topological polar surface area (TPSA) is 70.2 Å². The summed E-state index contributed by atoms with van der Waals surface area (Å²) in [7, 11) is 0. The zero-order valence-corrected chi connectivity index (χ0v) is 16.7. The Hall–Kier alpha value is -2.66. The van der Waals surface area contributed by atoms with Crippen LogP contribution in [0.25, 0.3) is 0 Å². The lowest BCUT2D eigenvalue weighted by atomic mass is 10.1. The number of hydrazine groups is 1. The van der Waals surface area contributed by atoms with Gasteiger partial charge in [0, 0.05) is 24.2 Å². The lowest BCUT2D eigenvalue weighted by molar-refractivity contribution is 0.0929. The molecule has 0 spiro atoms. The average Bonchev–Trinajstić information content (AvgIpc) is 2.74. The third-order valence-electron chi connectivity index (χ3n) is 4.56. The van der Waals surface area contributed by atoms with E-state index in [0.29, 0.717) is 17.7 Å². The molecule has 2 rings (SSSR count). The zero-order valence-electron chi connectivity index (χ0n) is 16.7. The highest BCUT2D eigenvalue weighted by Crippen LogP contribution is 2.06. The number of carbonyl (C=O) groups excluding carboxylic acids is 2. The van der Waals surface area contributed by atoms with Crippen LogP contribution in [-0.2, 0) is 6.54 Å². The molecule has 0 saturated carbocycles. The molecule has 2 amide bonds. The van der Waals surface area contributed by atoms with Gasteiger partial charge in [-0.2, -0.15) is 0 Å². The molecule has 28 heavy (non-hydrogen) atoms. The average molecular weight is 382 g/mol. The van der Waals surface area contributed by atoms with Crippen molar-refractivity contribution in [2.45, 2.75) is 52.0 Å². The van der Waals surface area contributed by atoms with E-state index >= 15 is 0 Å². The van der Waals surface area contributed by atoms with Gasteiger partial charge in [0.05, 0.1) is 0 Å². The van der Waals surface area contributed by atoms with E-state index in [4.69, 9.17) is 0 Å². The second-order valence-corrected chi connectivity index (χ2v) is 6.89. The summed E-state index contributed by atoms with van der Waals surface area (Å²) in [6.45, 7) is 3.41. The SMILES string of the molecule is CCCCCCCCNNC(=O)c1ccc(CNC(=O)c2ccccc2)cc1. The second-order valence-electron chi connectivity index (χ2n) is 6.89. The smallest absolute Gasteiger partial charge is 0.265 e. The lowest BCUT2D eigenvalue weighted by Crippen LogP contribution is -2.37. The van der Waals surface area contributed by atoms with E-state index in [2.05, 4.69) is 23.1 Å². The molecule has 5 nitrogen and oxygen atoms in total. The van der Waals surface area contributed by atoms with Crippen LogP contribution in [0.1, 0.15) is 71.7 Å². The summed E-state index contributed by atoms with van der Waals surface area (Å²) in [4.78, 5) is 24.2. The first-order chi connectivity index (χ1) is 13.7. The maximum absolute atomic E-state index is 12.1. The van der Waals surface area contributed by atoms with E-state index < -0.39 is 0 Å². The first kappa shape index (κ1) is 21.6. The van der Waals surface area contributed by atoms with Gasteiger partial charge in [0.1, 0.15) is 0 Å². The molecular weight excluding hydrogens is 350 g/mol. The molecule has 5 heteroatoms. The number of benzene rings is 2. The van der Waals surface area contributed by atoms with Crippen molar-refractivity contribution in [2.75, 3.05) is 6.54 Å². The van der Waals surface area contributed by atoms with Gasteiger partial charge in [-0.3, -0.25) is 15.0 Å². The van der Waals surface area contributed by atoms with Crippen LogP contribution in [-0.4, -0.2) is 18.4 Å². The van der Waals surface area contributed by atoms with Crippen LogP contribution in [0.3, 0.4) is 0 Å². The van der Waals surface area contributed by atoms with E-state index in [9.17, 15) is 9.59 Å². The third kappa shape index (κ3) is 7.92. The van der Waals surface area contributed by atoms with Gasteiger partial charge in [0.15, 0.2) is 0 Å². The number of hydrogen-bond donors (Lipinski definition) is 3. The molecule has 0 aromatic heterocycles. The minimum atomic E-state index is -0.147. The molecule has 0 atom stereocenters. The first-order valence-electron chi connectivity index (χ1n) is 10.2. The Morgan fingerprint density at radius 3 is 2.11 bits per heavy atom. The fourth-order valence-corrected chi connectivity index (χ4v) is 2.86. The van der Waals surface area contributed by atoms with Gasteiger partial charge in [-0.05, 0) is 36.2 Å². The predicted octanol–water partition coefficient (Wildman–Crippen LogP) is 4.21. The Kier molecular flexibility index (Phi) is 9.80. The van der Waals surface area contributed by atoms with Crippen molar-refractivity contribution in [3.05, 3.63) is 71.3 Å².